The molecule has 2 fully saturated rings. The van der Waals surface area contributed by atoms with Crippen molar-refractivity contribution in [3.63, 3.8) is 0 Å². The first-order chi connectivity index (χ1) is 9.13. The van der Waals surface area contributed by atoms with E-state index in [1.807, 2.05) is 6.07 Å². The van der Waals surface area contributed by atoms with Gasteiger partial charge in [0, 0.05) is 13.1 Å². The third kappa shape index (κ3) is 2.18. The quantitative estimate of drug-likeness (QED) is 0.879. The minimum absolute atomic E-state index is 0.0146. The van der Waals surface area contributed by atoms with Crippen LogP contribution in [0.3, 0.4) is 0 Å². The van der Waals surface area contributed by atoms with Gasteiger partial charge in [-0.2, -0.15) is 4.31 Å². The lowest BCUT2D eigenvalue weighted by Gasteiger charge is -2.50. The average molecular weight is 282 g/mol. The van der Waals surface area contributed by atoms with Gasteiger partial charge in [-0.05, 0) is 25.0 Å². The number of nitrogens with two attached hydrogens (primary N) is 1. The largest absolute Gasteiger partial charge is 0.371 e. The van der Waals surface area contributed by atoms with Gasteiger partial charge < -0.3 is 10.5 Å². The van der Waals surface area contributed by atoms with Crippen LogP contribution in [-0.4, -0.2) is 44.1 Å². The second-order valence-corrected chi connectivity index (χ2v) is 6.96. The molecule has 2 heterocycles. The Balaban J connectivity index is 1.76. The summed E-state index contributed by atoms with van der Waals surface area (Å²) in [4.78, 5) is 0.356. The fourth-order valence-corrected chi connectivity index (χ4v) is 4.51. The Morgan fingerprint density at radius 2 is 2.00 bits per heavy atom. The molecule has 2 aliphatic heterocycles. The number of sulfonamides is 1. The summed E-state index contributed by atoms with van der Waals surface area (Å²) in [6.45, 7) is 0.951. The van der Waals surface area contributed by atoms with E-state index in [1.165, 1.54) is 0 Å². The number of ether oxygens (including phenoxy) is 1. The molecule has 0 unspecified atom stereocenters. The Kier molecular flexibility index (Phi) is 3.34. The summed E-state index contributed by atoms with van der Waals surface area (Å²) in [5, 5.41) is 0. The van der Waals surface area contributed by atoms with Crippen LogP contribution in [-0.2, 0) is 14.8 Å². The Bertz CT molecular complexity index is 546. The molecule has 1 aromatic rings. The van der Waals surface area contributed by atoms with E-state index in [4.69, 9.17) is 10.5 Å². The SMILES string of the molecule is NC[C@H]1CC[C@@H]2[C@@H](CN2S(=O)(=O)c2ccccc2)O1. The number of fused-ring (bicyclic) bond motifs is 1. The summed E-state index contributed by atoms with van der Waals surface area (Å²) in [6.07, 6.45) is 1.76. The molecule has 0 bridgehead atoms. The minimum atomic E-state index is -3.37. The summed E-state index contributed by atoms with van der Waals surface area (Å²) >= 11 is 0. The number of benzene rings is 1. The highest BCUT2D eigenvalue weighted by atomic mass is 32.2. The molecule has 2 saturated heterocycles. The maximum absolute atomic E-state index is 12.5. The van der Waals surface area contributed by atoms with Gasteiger partial charge in [0.25, 0.3) is 0 Å². The molecule has 0 saturated carbocycles. The molecule has 0 aromatic heterocycles. The molecule has 2 N–H and O–H groups in total. The second kappa shape index (κ2) is 4.86. The van der Waals surface area contributed by atoms with Crippen LogP contribution < -0.4 is 5.73 Å². The fraction of sp³-hybridized carbons (Fsp3) is 0.538. The number of rotatable bonds is 3. The number of hydrogen-bond acceptors (Lipinski definition) is 4. The third-order valence-corrected chi connectivity index (χ3v) is 5.83. The lowest BCUT2D eigenvalue weighted by atomic mass is 9.92. The van der Waals surface area contributed by atoms with Gasteiger partial charge >= 0.3 is 0 Å². The van der Waals surface area contributed by atoms with Crippen LogP contribution in [0.1, 0.15) is 12.8 Å². The Morgan fingerprint density at radius 3 is 2.63 bits per heavy atom. The zero-order valence-corrected chi connectivity index (χ0v) is 11.4. The van der Waals surface area contributed by atoms with Gasteiger partial charge in [0.1, 0.15) is 0 Å². The Hall–Kier alpha value is -0.950. The van der Waals surface area contributed by atoms with E-state index in [0.717, 1.165) is 12.8 Å². The van der Waals surface area contributed by atoms with Gasteiger partial charge in [0.05, 0.1) is 23.1 Å². The zero-order chi connectivity index (χ0) is 13.5. The van der Waals surface area contributed by atoms with E-state index in [0.29, 0.717) is 18.0 Å². The monoisotopic (exact) mass is 282 g/mol. The lowest BCUT2D eigenvalue weighted by molar-refractivity contribution is -0.135. The summed E-state index contributed by atoms with van der Waals surface area (Å²) in [5.41, 5.74) is 5.59. The normalized spacial score (nSPS) is 31.5. The number of nitrogens with zero attached hydrogens (tertiary/aromatic N) is 1. The van der Waals surface area contributed by atoms with Crippen molar-refractivity contribution in [1.29, 1.82) is 0 Å². The van der Waals surface area contributed by atoms with Crippen LogP contribution in [0.15, 0.2) is 35.2 Å². The molecule has 3 rings (SSSR count). The molecule has 104 valence electrons. The summed E-state index contributed by atoms with van der Waals surface area (Å²) in [7, 11) is -3.37. The van der Waals surface area contributed by atoms with Gasteiger partial charge in [-0.1, -0.05) is 18.2 Å². The van der Waals surface area contributed by atoms with Gasteiger partial charge in [0.2, 0.25) is 10.0 Å². The van der Waals surface area contributed by atoms with Crippen molar-refractivity contribution < 1.29 is 13.2 Å². The van der Waals surface area contributed by atoms with Gasteiger partial charge in [-0.25, -0.2) is 8.42 Å². The topological polar surface area (TPSA) is 72.6 Å². The van der Waals surface area contributed by atoms with Crippen LogP contribution in [0.2, 0.25) is 0 Å². The molecule has 0 aliphatic carbocycles. The van der Waals surface area contributed by atoms with Crippen LogP contribution >= 0.6 is 0 Å². The van der Waals surface area contributed by atoms with Crippen LogP contribution in [0.5, 0.6) is 0 Å². The van der Waals surface area contributed by atoms with Gasteiger partial charge in [0.15, 0.2) is 0 Å². The molecule has 0 radical (unpaired) electrons. The van der Waals surface area contributed by atoms with Crippen molar-refractivity contribution in [2.45, 2.75) is 36.0 Å². The maximum Gasteiger partial charge on any atom is 0.243 e. The molecule has 3 atom stereocenters. The van der Waals surface area contributed by atoms with Gasteiger partial charge in [-0.3, -0.25) is 0 Å². The maximum atomic E-state index is 12.5. The van der Waals surface area contributed by atoms with E-state index in [9.17, 15) is 8.42 Å². The summed E-state index contributed by atoms with van der Waals surface area (Å²) in [6, 6.07) is 8.54. The summed E-state index contributed by atoms with van der Waals surface area (Å²) in [5.74, 6) is 0. The Morgan fingerprint density at radius 1 is 1.26 bits per heavy atom. The van der Waals surface area contributed by atoms with Crippen molar-refractivity contribution in [2.24, 2.45) is 5.73 Å². The smallest absolute Gasteiger partial charge is 0.243 e. The van der Waals surface area contributed by atoms with E-state index in [2.05, 4.69) is 0 Å². The molecule has 2 aliphatic rings. The molecule has 6 heteroatoms. The van der Waals surface area contributed by atoms with Crippen molar-refractivity contribution in [3.8, 4) is 0 Å². The van der Waals surface area contributed by atoms with Crippen LogP contribution in [0.25, 0.3) is 0 Å². The van der Waals surface area contributed by atoms with E-state index >= 15 is 0 Å². The summed E-state index contributed by atoms with van der Waals surface area (Å²) < 4.78 is 32.3. The molecule has 1 aromatic carbocycles. The zero-order valence-electron chi connectivity index (χ0n) is 10.6. The molecular weight excluding hydrogens is 264 g/mol. The predicted octanol–water partition coefficient (Wildman–Crippen LogP) is 0.566. The highest BCUT2D eigenvalue weighted by molar-refractivity contribution is 7.89. The molecule has 0 spiro atoms. The minimum Gasteiger partial charge on any atom is -0.371 e. The standard InChI is InChI=1S/C13H18N2O3S/c14-8-10-6-7-12-13(18-10)9-15(12)19(16,17)11-4-2-1-3-5-11/h1-5,10,12-13H,6-9,14H2/t10-,12-,13-/m1/s1. The average Bonchev–Trinajstić information content (AvgIpc) is 2.41. The highest BCUT2D eigenvalue weighted by Gasteiger charge is 2.49. The first kappa shape index (κ1) is 13.1. The van der Waals surface area contributed by atoms with Crippen molar-refractivity contribution >= 4 is 10.0 Å². The van der Waals surface area contributed by atoms with Crippen LogP contribution in [0, 0.1) is 0 Å². The lowest BCUT2D eigenvalue weighted by Crippen LogP contribution is -2.66. The van der Waals surface area contributed by atoms with E-state index < -0.39 is 10.0 Å². The fourth-order valence-electron chi connectivity index (χ4n) is 2.80. The van der Waals surface area contributed by atoms with E-state index in [1.54, 1.807) is 28.6 Å². The first-order valence-electron chi connectivity index (χ1n) is 6.55. The molecule has 0 amide bonds. The number of hydrogen-bond donors (Lipinski definition) is 1. The predicted molar refractivity (Wildman–Crippen MR) is 71.1 cm³/mol. The van der Waals surface area contributed by atoms with Crippen molar-refractivity contribution in [2.75, 3.05) is 13.1 Å². The highest BCUT2D eigenvalue weighted by Crippen LogP contribution is 2.36. The van der Waals surface area contributed by atoms with Crippen molar-refractivity contribution in [3.05, 3.63) is 30.3 Å². The second-order valence-electron chi connectivity index (χ2n) is 5.06. The van der Waals surface area contributed by atoms with E-state index in [-0.39, 0.29) is 18.2 Å². The molecule has 5 nitrogen and oxygen atoms in total. The van der Waals surface area contributed by atoms with Crippen LogP contribution in [0.4, 0.5) is 0 Å². The van der Waals surface area contributed by atoms with Crippen molar-refractivity contribution in [1.82, 2.24) is 4.31 Å². The third-order valence-electron chi connectivity index (χ3n) is 3.92. The molecular formula is C13H18N2O3S. The molecule has 19 heavy (non-hydrogen) atoms. The first-order valence-corrected chi connectivity index (χ1v) is 7.99. The van der Waals surface area contributed by atoms with Gasteiger partial charge in [-0.15, -0.1) is 0 Å². The Labute approximate surface area is 113 Å².